The van der Waals surface area contributed by atoms with Gasteiger partial charge in [-0.15, -0.1) is 0 Å². The molecule has 0 saturated heterocycles. The smallest absolute Gasteiger partial charge is 0.221 e. The summed E-state index contributed by atoms with van der Waals surface area (Å²) in [6, 6.07) is 12.2. The zero-order chi connectivity index (χ0) is 19.9. The summed E-state index contributed by atoms with van der Waals surface area (Å²) in [4.78, 5) is 12.0. The van der Waals surface area contributed by atoms with Crippen LogP contribution in [0.5, 0.6) is 0 Å². The molecule has 0 radical (unpaired) electrons. The average Bonchev–Trinajstić information content (AvgIpc) is 2.61. The molecule has 2 aromatic rings. The molecule has 8 heteroatoms. The van der Waals surface area contributed by atoms with Gasteiger partial charge in [0.1, 0.15) is 11.6 Å². The van der Waals surface area contributed by atoms with Crippen LogP contribution in [0.4, 0.5) is 8.78 Å². The maximum Gasteiger partial charge on any atom is 0.221 e. The van der Waals surface area contributed by atoms with Crippen molar-refractivity contribution in [3.63, 3.8) is 0 Å². The first kappa shape index (κ1) is 21.0. The number of hydrogen-bond donors (Lipinski definition) is 1. The minimum Gasteiger partial charge on any atom is -0.352 e. The summed E-state index contributed by atoms with van der Waals surface area (Å²) < 4.78 is 52.2. The van der Waals surface area contributed by atoms with E-state index in [4.69, 9.17) is 0 Å². The molecular formula is C19H22F2N2O3S. The second-order valence-corrected chi connectivity index (χ2v) is 8.10. The molecule has 0 unspecified atom stereocenters. The van der Waals surface area contributed by atoms with E-state index in [1.807, 2.05) is 0 Å². The molecule has 0 fully saturated rings. The van der Waals surface area contributed by atoms with Crippen LogP contribution >= 0.6 is 0 Å². The first-order valence-corrected chi connectivity index (χ1v) is 10.3. The highest BCUT2D eigenvalue weighted by molar-refractivity contribution is 7.88. The number of sulfonamides is 1. The highest BCUT2D eigenvalue weighted by atomic mass is 32.2. The first-order chi connectivity index (χ1) is 12.8. The van der Waals surface area contributed by atoms with Crippen molar-refractivity contribution in [1.82, 2.24) is 9.62 Å². The lowest BCUT2D eigenvalue weighted by Crippen LogP contribution is -2.36. The van der Waals surface area contributed by atoms with Crippen molar-refractivity contribution in [3.05, 3.63) is 71.3 Å². The van der Waals surface area contributed by atoms with E-state index in [2.05, 4.69) is 5.32 Å². The van der Waals surface area contributed by atoms with Crippen molar-refractivity contribution >= 4 is 15.9 Å². The lowest BCUT2D eigenvalue weighted by Gasteiger charge is -2.20. The van der Waals surface area contributed by atoms with Crippen LogP contribution in [0.25, 0.3) is 0 Å². The van der Waals surface area contributed by atoms with E-state index in [1.165, 1.54) is 12.1 Å². The van der Waals surface area contributed by atoms with Crippen LogP contribution in [-0.4, -0.2) is 38.0 Å². The van der Waals surface area contributed by atoms with Gasteiger partial charge in [-0.3, -0.25) is 4.79 Å². The van der Waals surface area contributed by atoms with E-state index < -0.39 is 27.6 Å². The molecular weight excluding hydrogens is 374 g/mol. The zero-order valence-corrected chi connectivity index (χ0v) is 15.8. The predicted molar refractivity (Wildman–Crippen MR) is 99.4 cm³/mol. The molecule has 0 heterocycles. The normalized spacial score (nSPS) is 11.6. The van der Waals surface area contributed by atoms with Gasteiger partial charge in [0.15, 0.2) is 0 Å². The Balaban J connectivity index is 1.88. The topological polar surface area (TPSA) is 66.5 Å². The summed E-state index contributed by atoms with van der Waals surface area (Å²) in [5.41, 5.74) is 0.764. The molecule has 2 aromatic carbocycles. The number of rotatable bonds is 9. The first-order valence-electron chi connectivity index (χ1n) is 8.46. The Morgan fingerprint density at radius 3 is 2.07 bits per heavy atom. The minimum absolute atomic E-state index is 0.0274. The standard InChI is InChI=1S/C19H22F2N2O3S/c1-27(25,26)23(12-10-15-6-2-4-8-17(15)20)13-11-19(24)22-14-16-7-3-5-9-18(16)21/h2-9H,10-14H2,1H3,(H,22,24). The Morgan fingerprint density at radius 1 is 0.963 bits per heavy atom. The highest BCUT2D eigenvalue weighted by Gasteiger charge is 2.18. The Hall–Kier alpha value is -2.32. The van der Waals surface area contributed by atoms with Crippen molar-refractivity contribution in [2.45, 2.75) is 19.4 Å². The molecule has 0 aromatic heterocycles. The number of nitrogens with one attached hydrogen (secondary N) is 1. The molecule has 146 valence electrons. The van der Waals surface area contributed by atoms with E-state index >= 15 is 0 Å². The van der Waals surface area contributed by atoms with Crippen molar-refractivity contribution in [2.75, 3.05) is 19.3 Å². The van der Waals surface area contributed by atoms with E-state index in [0.717, 1.165) is 10.6 Å². The quantitative estimate of drug-likeness (QED) is 0.708. The van der Waals surface area contributed by atoms with Crippen LogP contribution in [0, 0.1) is 11.6 Å². The van der Waals surface area contributed by atoms with Crippen LogP contribution < -0.4 is 5.32 Å². The molecule has 0 atom stereocenters. The SMILES string of the molecule is CS(=O)(=O)N(CCC(=O)NCc1ccccc1F)CCc1ccccc1F. The van der Waals surface area contributed by atoms with E-state index in [1.54, 1.807) is 36.4 Å². The Bertz CT molecular complexity index is 888. The van der Waals surface area contributed by atoms with Gasteiger partial charge in [0.25, 0.3) is 0 Å². The lowest BCUT2D eigenvalue weighted by atomic mass is 10.1. The van der Waals surface area contributed by atoms with E-state index in [-0.39, 0.29) is 32.5 Å². The molecule has 0 aliphatic heterocycles. The molecule has 2 rings (SSSR count). The molecule has 27 heavy (non-hydrogen) atoms. The van der Waals surface area contributed by atoms with Crippen LogP contribution in [0.1, 0.15) is 17.5 Å². The number of halogens is 2. The number of carbonyl (C=O) groups excluding carboxylic acids is 1. The van der Waals surface area contributed by atoms with Crippen LogP contribution in [0.3, 0.4) is 0 Å². The van der Waals surface area contributed by atoms with Gasteiger partial charge in [-0.2, -0.15) is 0 Å². The van der Waals surface area contributed by atoms with Gasteiger partial charge in [0.2, 0.25) is 15.9 Å². The Morgan fingerprint density at radius 2 is 1.52 bits per heavy atom. The van der Waals surface area contributed by atoms with Crippen LogP contribution in [0.2, 0.25) is 0 Å². The van der Waals surface area contributed by atoms with Gasteiger partial charge < -0.3 is 5.32 Å². The molecule has 0 bridgehead atoms. The summed E-state index contributed by atoms with van der Waals surface area (Å²) in [5.74, 6) is -1.20. The Kier molecular flexibility index (Phi) is 7.44. The van der Waals surface area contributed by atoms with Crippen molar-refractivity contribution < 1.29 is 22.0 Å². The van der Waals surface area contributed by atoms with Gasteiger partial charge >= 0.3 is 0 Å². The predicted octanol–water partition coefficient (Wildman–Crippen LogP) is 2.48. The van der Waals surface area contributed by atoms with Crippen LogP contribution in [-0.2, 0) is 27.8 Å². The highest BCUT2D eigenvalue weighted by Crippen LogP contribution is 2.10. The molecule has 0 spiro atoms. The van der Waals surface area contributed by atoms with Gasteiger partial charge in [-0.25, -0.2) is 21.5 Å². The number of hydrogen-bond acceptors (Lipinski definition) is 3. The fraction of sp³-hybridized carbons (Fsp3) is 0.316. The average molecular weight is 396 g/mol. The van der Waals surface area contributed by atoms with E-state index in [0.29, 0.717) is 11.1 Å². The third-order valence-electron chi connectivity index (χ3n) is 4.08. The minimum atomic E-state index is -3.55. The fourth-order valence-electron chi connectivity index (χ4n) is 2.54. The number of nitrogens with zero attached hydrogens (tertiary/aromatic N) is 1. The molecule has 5 nitrogen and oxygen atoms in total. The molecule has 0 saturated carbocycles. The largest absolute Gasteiger partial charge is 0.352 e. The number of carbonyl (C=O) groups is 1. The fourth-order valence-corrected chi connectivity index (χ4v) is 3.39. The maximum atomic E-state index is 13.7. The second kappa shape index (κ2) is 9.57. The van der Waals surface area contributed by atoms with Gasteiger partial charge in [-0.1, -0.05) is 36.4 Å². The zero-order valence-electron chi connectivity index (χ0n) is 15.0. The van der Waals surface area contributed by atoms with Gasteiger partial charge in [-0.05, 0) is 24.1 Å². The molecule has 0 aliphatic carbocycles. The van der Waals surface area contributed by atoms with Gasteiger partial charge in [0, 0.05) is 31.6 Å². The van der Waals surface area contributed by atoms with Crippen molar-refractivity contribution in [2.24, 2.45) is 0 Å². The summed E-state index contributed by atoms with van der Waals surface area (Å²) >= 11 is 0. The summed E-state index contributed by atoms with van der Waals surface area (Å²) in [6.07, 6.45) is 1.18. The van der Waals surface area contributed by atoms with Crippen molar-refractivity contribution in [3.8, 4) is 0 Å². The summed E-state index contributed by atoms with van der Waals surface area (Å²) in [5, 5.41) is 2.57. The maximum absolute atomic E-state index is 13.7. The van der Waals surface area contributed by atoms with Gasteiger partial charge in [0.05, 0.1) is 6.26 Å². The molecule has 0 aliphatic rings. The monoisotopic (exact) mass is 396 g/mol. The van der Waals surface area contributed by atoms with Crippen molar-refractivity contribution in [1.29, 1.82) is 0 Å². The Labute approximate surface area is 158 Å². The summed E-state index contributed by atoms with van der Waals surface area (Å²) in [7, 11) is -3.55. The van der Waals surface area contributed by atoms with E-state index in [9.17, 15) is 22.0 Å². The number of benzene rings is 2. The summed E-state index contributed by atoms with van der Waals surface area (Å²) in [6.45, 7) is 0.0658. The third-order valence-corrected chi connectivity index (χ3v) is 5.38. The lowest BCUT2D eigenvalue weighted by molar-refractivity contribution is -0.121. The molecule has 1 amide bonds. The third kappa shape index (κ3) is 6.73. The number of amides is 1. The second-order valence-electron chi connectivity index (χ2n) is 6.12. The van der Waals surface area contributed by atoms with Crippen LogP contribution in [0.15, 0.2) is 48.5 Å². The molecule has 1 N–H and O–H groups in total.